The van der Waals surface area contributed by atoms with Gasteiger partial charge in [-0.15, -0.1) is 0 Å². The lowest BCUT2D eigenvalue weighted by atomic mass is 9.86. The lowest BCUT2D eigenvalue weighted by Crippen LogP contribution is -2.11. The monoisotopic (exact) mass is 373 g/mol. The highest BCUT2D eigenvalue weighted by molar-refractivity contribution is 7.99. The van der Waals surface area contributed by atoms with Crippen LogP contribution in [0.5, 0.6) is 0 Å². The fourth-order valence-corrected chi connectivity index (χ4v) is 4.06. The van der Waals surface area contributed by atoms with Crippen molar-refractivity contribution in [2.75, 3.05) is 0 Å². The highest BCUT2D eigenvalue weighted by Crippen LogP contribution is 2.38. The first-order chi connectivity index (χ1) is 11.6. The Balaban J connectivity index is 2.04. The van der Waals surface area contributed by atoms with Crippen LogP contribution in [-0.2, 0) is 5.41 Å². The largest absolute Gasteiger partial charge is 0.477 e. The molecule has 25 heavy (non-hydrogen) atoms. The summed E-state index contributed by atoms with van der Waals surface area (Å²) in [5, 5.41) is 10.7. The van der Waals surface area contributed by atoms with Gasteiger partial charge in [0.2, 0.25) is 0 Å². The minimum Gasteiger partial charge on any atom is -0.477 e. The second kappa shape index (κ2) is 6.43. The first-order valence-electron chi connectivity index (χ1n) is 8.00. The van der Waals surface area contributed by atoms with E-state index in [1.54, 1.807) is 23.9 Å². The molecule has 1 heterocycles. The molecular formula is C20H20ClNO2S. The van der Waals surface area contributed by atoms with Gasteiger partial charge in [-0.1, -0.05) is 56.3 Å². The highest BCUT2D eigenvalue weighted by atomic mass is 35.5. The molecule has 0 bridgehead atoms. The Kier molecular flexibility index (Phi) is 4.60. The van der Waals surface area contributed by atoms with Crippen molar-refractivity contribution < 1.29 is 9.90 Å². The van der Waals surface area contributed by atoms with E-state index >= 15 is 0 Å². The molecule has 2 N–H and O–H groups in total. The second-order valence-corrected chi connectivity index (χ2v) is 8.71. The summed E-state index contributed by atoms with van der Waals surface area (Å²) in [6.45, 7) is 8.69. The predicted octanol–water partition coefficient (Wildman–Crippen LogP) is 6.28. The van der Waals surface area contributed by atoms with Crippen LogP contribution in [0.4, 0.5) is 0 Å². The lowest BCUT2D eigenvalue weighted by Gasteiger charge is -2.20. The number of fused-ring (bicyclic) bond motifs is 1. The van der Waals surface area contributed by atoms with Crippen LogP contribution in [0.2, 0.25) is 5.02 Å². The summed E-state index contributed by atoms with van der Waals surface area (Å²) in [6, 6.07) is 11.8. The molecule has 0 aliphatic carbocycles. The van der Waals surface area contributed by atoms with Crippen LogP contribution < -0.4 is 0 Å². The molecule has 3 aromatic rings. The number of hydrogen-bond acceptors (Lipinski definition) is 2. The highest BCUT2D eigenvalue weighted by Gasteiger charge is 2.16. The van der Waals surface area contributed by atoms with Crippen molar-refractivity contribution in [3.8, 4) is 0 Å². The fourth-order valence-electron chi connectivity index (χ4n) is 2.72. The first-order valence-corrected chi connectivity index (χ1v) is 9.19. The molecule has 130 valence electrons. The zero-order valence-corrected chi connectivity index (χ0v) is 16.2. The van der Waals surface area contributed by atoms with E-state index in [0.29, 0.717) is 5.02 Å². The number of aromatic amines is 1. The summed E-state index contributed by atoms with van der Waals surface area (Å²) in [4.78, 5) is 16.2. The number of aryl methyl sites for hydroxylation is 1. The summed E-state index contributed by atoms with van der Waals surface area (Å²) in [5.41, 5.74) is 3.49. The van der Waals surface area contributed by atoms with Crippen LogP contribution in [0.15, 0.2) is 46.2 Å². The Morgan fingerprint density at radius 3 is 2.44 bits per heavy atom. The van der Waals surface area contributed by atoms with Crippen LogP contribution >= 0.6 is 23.4 Å². The Morgan fingerprint density at radius 2 is 1.84 bits per heavy atom. The van der Waals surface area contributed by atoms with E-state index in [-0.39, 0.29) is 11.1 Å². The molecule has 0 atom stereocenters. The van der Waals surface area contributed by atoms with Crippen molar-refractivity contribution in [1.29, 1.82) is 0 Å². The van der Waals surface area contributed by atoms with Gasteiger partial charge in [0.15, 0.2) is 0 Å². The standard InChI is InChI=1S/C20H20ClNO2S/c1-11-7-12(20(2,3)4)5-6-17(11)25-18-9-13(21)8-15-14(18)10-16(22-15)19(23)24/h5-10,22H,1-4H3,(H,23,24). The quantitative estimate of drug-likeness (QED) is 0.568. The van der Waals surface area contributed by atoms with Crippen molar-refractivity contribution >= 4 is 40.2 Å². The number of carboxylic acids is 1. The van der Waals surface area contributed by atoms with Gasteiger partial charge in [0, 0.05) is 25.7 Å². The number of hydrogen-bond donors (Lipinski definition) is 2. The van der Waals surface area contributed by atoms with Crippen LogP contribution in [0.1, 0.15) is 42.4 Å². The van der Waals surface area contributed by atoms with Crippen LogP contribution in [-0.4, -0.2) is 16.1 Å². The number of halogens is 1. The summed E-state index contributed by atoms with van der Waals surface area (Å²) in [6.07, 6.45) is 0. The van der Waals surface area contributed by atoms with Crippen LogP contribution in [0, 0.1) is 6.92 Å². The third-order valence-electron chi connectivity index (χ3n) is 4.16. The number of aromatic nitrogens is 1. The molecule has 1 aromatic heterocycles. The molecule has 5 heteroatoms. The van der Waals surface area contributed by atoms with E-state index in [2.05, 4.69) is 50.9 Å². The maximum atomic E-state index is 11.2. The number of benzene rings is 2. The normalized spacial score (nSPS) is 11.9. The zero-order chi connectivity index (χ0) is 18.4. The van der Waals surface area contributed by atoms with Gasteiger partial charge < -0.3 is 10.1 Å². The van der Waals surface area contributed by atoms with Crippen molar-refractivity contribution in [3.63, 3.8) is 0 Å². The molecule has 0 spiro atoms. The minimum atomic E-state index is -0.978. The summed E-state index contributed by atoms with van der Waals surface area (Å²) < 4.78 is 0. The smallest absolute Gasteiger partial charge is 0.352 e. The van der Waals surface area contributed by atoms with Crippen LogP contribution in [0.25, 0.3) is 10.9 Å². The molecule has 0 fully saturated rings. The number of aromatic carboxylic acids is 1. The molecule has 2 aromatic carbocycles. The Hall–Kier alpha value is -1.91. The number of rotatable bonds is 3. The molecule has 0 unspecified atom stereocenters. The van der Waals surface area contributed by atoms with Gasteiger partial charge in [0.25, 0.3) is 0 Å². The van der Waals surface area contributed by atoms with Gasteiger partial charge in [-0.05, 0) is 47.7 Å². The van der Waals surface area contributed by atoms with Gasteiger partial charge in [0.05, 0.1) is 0 Å². The molecule has 0 amide bonds. The Bertz CT molecular complexity index is 970. The van der Waals surface area contributed by atoms with E-state index in [4.69, 9.17) is 11.6 Å². The molecule has 3 nitrogen and oxygen atoms in total. The predicted molar refractivity (Wildman–Crippen MR) is 104 cm³/mol. The maximum Gasteiger partial charge on any atom is 0.352 e. The minimum absolute atomic E-state index is 0.105. The molecule has 0 aliphatic rings. The number of carboxylic acid groups (broad SMARTS) is 1. The van der Waals surface area contributed by atoms with Crippen molar-refractivity contribution in [3.05, 3.63) is 58.2 Å². The van der Waals surface area contributed by atoms with Gasteiger partial charge in [-0.3, -0.25) is 0 Å². The molecule has 0 saturated heterocycles. The number of H-pyrrole nitrogens is 1. The first kappa shape index (κ1) is 17.9. The van der Waals surface area contributed by atoms with Crippen molar-refractivity contribution in [2.24, 2.45) is 0 Å². The maximum absolute atomic E-state index is 11.2. The summed E-state index contributed by atoms with van der Waals surface area (Å²) >= 11 is 7.83. The topological polar surface area (TPSA) is 53.1 Å². The molecule has 3 rings (SSSR count). The van der Waals surface area contributed by atoms with E-state index in [1.165, 1.54) is 11.1 Å². The van der Waals surface area contributed by atoms with E-state index in [0.717, 1.165) is 20.7 Å². The van der Waals surface area contributed by atoms with E-state index in [9.17, 15) is 9.90 Å². The van der Waals surface area contributed by atoms with Gasteiger partial charge in [-0.2, -0.15) is 0 Å². The Labute approximate surface area is 156 Å². The summed E-state index contributed by atoms with van der Waals surface area (Å²) in [7, 11) is 0. The summed E-state index contributed by atoms with van der Waals surface area (Å²) in [5.74, 6) is -0.978. The van der Waals surface area contributed by atoms with Crippen molar-refractivity contribution in [2.45, 2.75) is 42.9 Å². The average molecular weight is 374 g/mol. The number of nitrogens with one attached hydrogen (secondary N) is 1. The second-order valence-electron chi connectivity index (χ2n) is 7.19. The van der Waals surface area contributed by atoms with Crippen LogP contribution in [0.3, 0.4) is 0 Å². The zero-order valence-electron chi connectivity index (χ0n) is 14.6. The van der Waals surface area contributed by atoms with Gasteiger partial charge in [0.1, 0.15) is 5.69 Å². The molecular weight excluding hydrogens is 354 g/mol. The third-order valence-corrected chi connectivity index (χ3v) is 5.61. The van der Waals surface area contributed by atoms with Gasteiger partial charge >= 0.3 is 5.97 Å². The van der Waals surface area contributed by atoms with Gasteiger partial charge in [-0.25, -0.2) is 4.79 Å². The Morgan fingerprint density at radius 1 is 1.12 bits per heavy atom. The van der Waals surface area contributed by atoms with E-state index < -0.39 is 5.97 Å². The molecule has 0 aliphatic heterocycles. The van der Waals surface area contributed by atoms with Crippen molar-refractivity contribution in [1.82, 2.24) is 4.98 Å². The lowest BCUT2D eigenvalue weighted by molar-refractivity contribution is 0.0691. The fraction of sp³-hybridized carbons (Fsp3) is 0.250. The third kappa shape index (κ3) is 3.70. The molecule has 0 radical (unpaired) electrons. The molecule has 0 saturated carbocycles. The number of carbonyl (C=O) groups is 1. The van der Waals surface area contributed by atoms with E-state index in [1.807, 2.05) is 6.07 Å². The average Bonchev–Trinajstić information content (AvgIpc) is 2.92. The SMILES string of the molecule is Cc1cc(C(C)(C)C)ccc1Sc1cc(Cl)cc2[nH]c(C(=O)O)cc12.